The molecule has 1 aromatic carbocycles. The Morgan fingerprint density at radius 1 is 1.14 bits per heavy atom. The predicted molar refractivity (Wildman–Crippen MR) is 86.6 cm³/mol. The molecular formula is C16H26N2O2S. The zero-order valence-corrected chi connectivity index (χ0v) is 14.0. The van der Waals surface area contributed by atoms with Crippen LogP contribution in [0.2, 0.25) is 0 Å². The van der Waals surface area contributed by atoms with Crippen molar-refractivity contribution in [2.75, 3.05) is 12.3 Å². The van der Waals surface area contributed by atoms with E-state index < -0.39 is 10.0 Å². The van der Waals surface area contributed by atoms with Crippen LogP contribution < -0.4 is 10.5 Å². The molecule has 21 heavy (non-hydrogen) atoms. The third kappa shape index (κ3) is 3.98. The maximum atomic E-state index is 12.4. The molecule has 0 spiro atoms. The van der Waals surface area contributed by atoms with Crippen LogP contribution in [-0.4, -0.2) is 15.0 Å². The SMILES string of the molecule is Cc1cc(N)c(S(=O)(=O)NCC2CCC(C)CC2)cc1C. The Kier molecular flexibility index (Phi) is 4.94. The van der Waals surface area contributed by atoms with E-state index in [4.69, 9.17) is 5.73 Å². The fraction of sp³-hybridized carbons (Fsp3) is 0.625. The molecule has 0 heterocycles. The van der Waals surface area contributed by atoms with Crippen LogP contribution in [0.25, 0.3) is 0 Å². The lowest BCUT2D eigenvalue weighted by molar-refractivity contribution is 0.290. The molecular weight excluding hydrogens is 284 g/mol. The van der Waals surface area contributed by atoms with E-state index in [0.29, 0.717) is 18.2 Å². The zero-order chi connectivity index (χ0) is 15.6. The van der Waals surface area contributed by atoms with Crippen molar-refractivity contribution in [2.24, 2.45) is 11.8 Å². The van der Waals surface area contributed by atoms with Crippen molar-refractivity contribution in [2.45, 2.75) is 51.3 Å². The molecule has 0 radical (unpaired) electrons. The first kappa shape index (κ1) is 16.3. The molecule has 3 N–H and O–H groups in total. The molecule has 2 rings (SSSR count). The lowest BCUT2D eigenvalue weighted by atomic mass is 9.83. The fourth-order valence-corrected chi connectivity index (χ4v) is 4.20. The third-order valence-corrected chi connectivity index (χ3v) is 6.09. The fourth-order valence-electron chi connectivity index (χ4n) is 2.88. The Morgan fingerprint density at radius 2 is 1.71 bits per heavy atom. The van der Waals surface area contributed by atoms with Crippen molar-refractivity contribution < 1.29 is 8.42 Å². The number of nitrogen functional groups attached to an aromatic ring is 1. The van der Waals surface area contributed by atoms with Gasteiger partial charge >= 0.3 is 0 Å². The molecule has 4 nitrogen and oxygen atoms in total. The molecule has 0 aliphatic heterocycles. The minimum absolute atomic E-state index is 0.203. The van der Waals surface area contributed by atoms with E-state index in [9.17, 15) is 8.42 Å². The normalized spacial score (nSPS) is 23.2. The van der Waals surface area contributed by atoms with Gasteiger partial charge in [-0.15, -0.1) is 0 Å². The molecule has 1 aliphatic carbocycles. The van der Waals surface area contributed by atoms with Gasteiger partial charge in [0.2, 0.25) is 10.0 Å². The van der Waals surface area contributed by atoms with Gasteiger partial charge in [0, 0.05) is 6.54 Å². The summed E-state index contributed by atoms with van der Waals surface area (Å²) in [6, 6.07) is 3.39. The first-order valence-corrected chi connectivity index (χ1v) is 9.14. The van der Waals surface area contributed by atoms with Crippen LogP contribution in [-0.2, 0) is 10.0 Å². The largest absolute Gasteiger partial charge is 0.398 e. The second kappa shape index (κ2) is 6.36. The molecule has 0 amide bonds. The van der Waals surface area contributed by atoms with E-state index in [0.717, 1.165) is 29.9 Å². The molecule has 1 aromatic rings. The maximum absolute atomic E-state index is 12.4. The third-order valence-electron chi connectivity index (χ3n) is 4.61. The number of benzene rings is 1. The van der Waals surface area contributed by atoms with E-state index in [-0.39, 0.29) is 4.90 Å². The summed E-state index contributed by atoms with van der Waals surface area (Å²) in [5.74, 6) is 1.22. The number of anilines is 1. The number of sulfonamides is 1. The second-order valence-electron chi connectivity index (χ2n) is 6.45. The highest BCUT2D eigenvalue weighted by molar-refractivity contribution is 7.89. The highest BCUT2D eigenvalue weighted by Crippen LogP contribution is 2.28. The van der Waals surface area contributed by atoms with Crippen molar-refractivity contribution in [3.63, 3.8) is 0 Å². The number of hydrogen-bond acceptors (Lipinski definition) is 3. The molecule has 1 fully saturated rings. The number of nitrogens with two attached hydrogens (primary N) is 1. The van der Waals surface area contributed by atoms with Crippen LogP contribution in [0.1, 0.15) is 43.7 Å². The molecule has 0 bridgehead atoms. The van der Waals surface area contributed by atoms with Gasteiger partial charge in [0.25, 0.3) is 0 Å². The first-order chi connectivity index (χ1) is 9.79. The number of hydrogen-bond donors (Lipinski definition) is 2. The lowest BCUT2D eigenvalue weighted by Crippen LogP contribution is -2.31. The van der Waals surface area contributed by atoms with E-state index in [1.165, 1.54) is 12.8 Å². The van der Waals surface area contributed by atoms with Gasteiger partial charge in [-0.05, 0) is 61.8 Å². The van der Waals surface area contributed by atoms with Crippen LogP contribution in [0.5, 0.6) is 0 Å². The Hall–Kier alpha value is -1.07. The summed E-state index contributed by atoms with van der Waals surface area (Å²) in [5, 5.41) is 0. The summed E-state index contributed by atoms with van der Waals surface area (Å²) >= 11 is 0. The molecule has 0 unspecified atom stereocenters. The van der Waals surface area contributed by atoms with E-state index in [1.54, 1.807) is 12.1 Å². The van der Waals surface area contributed by atoms with E-state index >= 15 is 0 Å². The van der Waals surface area contributed by atoms with Crippen molar-refractivity contribution in [1.82, 2.24) is 4.72 Å². The Morgan fingerprint density at radius 3 is 2.33 bits per heavy atom. The Labute approximate surface area is 128 Å². The van der Waals surface area contributed by atoms with Gasteiger partial charge in [-0.1, -0.05) is 19.8 Å². The number of aryl methyl sites for hydroxylation is 2. The van der Waals surface area contributed by atoms with E-state index in [1.807, 2.05) is 13.8 Å². The summed E-state index contributed by atoms with van der Waals surface area (Å²) in [7, 11) is -3.52. The number of nitrogens with one attached hydrogen (secondary N) is 1. The monoisotopic (exact) mass is 310 g/mol. The van der Waals surface area contributed by atoms with Gasteiger partial charge < -0.3 is 5.73 Å². The summed E-state index contributed by atoms with van der Waals surface area (Å²) < 4.78 is 27.6. The average Bonchev–Trinajstić information content (AvgIpc) is 2.42. The Balaban J connectivity index is 2.07. The molecule has 118 valence electrons. The maximum Gasteiger partial charge on any atom is 0.242 e. The van der Waals surface area contributed by atoms with Crippen molar-refractivity contribution in [3.8, 4) is 0 Å². The molecule has 0 atom stereocenters. The highest BCUT2D eigenvalue weighted by Gasteiger charge is 2.23. The minimum atomic E-state index is -3.52. The van der Waals surface area contributed by atoms with Crippen molar-refractivity contribution >= 4 is 15.7 Å². The quantitative estimate of drug-likeness (QED) is 0.840. The van der Waals surface area contributed by atoms with Crippen molar-refractivity contribution in [3.05, 3.63) is 23.3 Å². The lowest BCUT2D eigenvalue weighted by Gasteiger charge is -2.26. The van der Waals surface area contributed by atoms with Crippen LogP contribution >= 0.6 is 0 Å². The zero-order valence-electron chi connectivity index (χ0n) is 13.1. The highest BCUT2D eigenvalue weighted by atomic mass is 32.2. The molecule has 1 aliphatic rings. The van der Waals surface area contributed by atoms with Crippen LogP contribution in [0.15, 0.2) is 17.0 Å². The predicted octanol–water partition coefficient (Wildman–Crippen LogP) is 2.99. The average molecular weight is 310 g/mol. The topological polar surface area (TPSA) is 72.2 Å². The Bertz CT molecular complexity index is 603. The van der Waals surface area contributed by atoms with E-state index in [2.05, 4.69) is 11.6 Å². The smallest absolute Gasteiger partial charge is 0.242 e. The van der Waals surface area contributed by atoms with Crippen LogP contribution in [0, 0.1) is 25.7 Å². The van der Waals surface area contributed by atoms with Gasteiger partial charge in [0.05, 0.1) is 5.69 Å². The minimum Gasteiger partial charge on any atom is -0.398 e. The summed E-state index contributed by atoms with van der Waals surface area (Å²) in [5.41, 5.74) is 8.15. The summed E-state index contributed by atoms with van der Waals surface area (Å²) in [6.07, 6.45) is 4.59. The molecule has 5 heteroatoms. The summed E-state index contributed by atoms with van der Waals surface area (Å²) in [6.45, 7) is 6.60. The van der Waals surface area contributed by atoms with Crippen LogP contribution in [0.4, 0.5) is 5.69 Å². The first-order valence-electron chi connectivity index (χ1n) is 7.66. The standard InChI is InChI=1S/C16H26N2O2S/c1-11-4-6-14(7-5-11)10-18-21(19,20)16-9-13(3)12(2)8-15(16)17/h8-9,11,14,18H,4-7,10,17H2,1-3H3. The molecule has 1 saturated carbocycles. The van der Waals surface area contributed by atoms with Gasteiger partial charge in [-0.2, -0.15) is 0 Å². The van der Waals surface area contributed by atoms with Crippen molar-refractivity contribution in [1.29, 1.82) is 0 Å². The van der Waals surface area contributed by atoms with Gasteiger partial charge in [0.1, 0.15) is 4.90 Å². The van der Waals surface area contributed by atoms with Gasteiger partial charge in [-0.25, -0.2) is 13.1 Å². The number of rotatable bonds is 4. The molecule has 0 saturated heterocycles. The van der Waals surface area contributed by atoms with Crippen LogP contribution in [0.3, 0.4) is 0 Å². The second-order valence-corrected chi connectivity index (χ2v) is 8.19. The summed E-state index contributed by atoms with van der Waals surface area (Å²) in [4.78, 5) is 0.203. The van der Waals surface area contributed by atoms with Gasteiger partial charge in [0.15, 0.2) is 0 Å². The molecule has 0 aromatic heterocycles. The van der Waals surface area contributed by atoms with Gasteiger partial charge in [-0.3, -0.25) is 0 Å².